The highest BCUT2D eigenvalue weighted by molar-refractivity contribution is 5.86. The van der Waals surface area contributed by atoms with Gasteiger partial charge in [-0.25, -0.2) is 0 Å². The molecule has 2 rings (SSSR count). The highest BCUT2D eigenvalue weighted by Crippen LogP contribution is 2.37. The van der Waals surface area contributed by atoms with E-state index < -0.39 is 0 Å². The third kappa shape index (κ3) is 3.14. The smallest absolute Gasteiger partial charge is 0.153 e. The number of benzene rings is 2. The van der Waals surface area contributed by atoms with Crippen molar-refractivity contribution >= 4 is 12.0 Å². The van der Waals surface area contributed by atoms with Crippen molar-refractivity contribution in [3.63, 3.8) is 0 Å². The van der Waals surface area contributed by atoms with Crippen molar-refractivity contribution in [1.29, 1.82) is 0 Å². The normalized spacial score (nSPS) is 11.3. The van der Waals surface area contributed by atoms with Crippen LogP contribution in [0.5, 0.6) is 5.75 Å². The van der Waals surface area contributed by atoms with Crippen LogP contribution in [0.25, 0.3) is 11.1 Å². The zero-order chi connectivity index (χ0) is 16.5. The van der Waals surface area contributed by atoms with Crippen LogP contribution in [0.2, 0.25) is 0 Å². The Morgan fingerprint density at radius 3 is 2.09 bits per heavy atom. The first-order chi connectivity index (χ1) is 10.2. The van der Waals surface area contributed by atoms with Crippen molar-refractivity contribution in [2.45, 2.75) is 26.2 Å². The van der Waals surface area contributed by atoms with Crippen LogP contribution in [0, 0.1) is 0 Å². The van der Waals surface area contributed by atoms with E-state index in [0.29, 0.717) is 17.4 Å². The van der Waals surface area contributed by atoms with Gasteiger partial charge in [-0.2, -0.15) is 0 Å². The number of rotatable bonds is 3. The van der Waals surface area contributed by atoms with Crippen LogP contribution < -0.4 is 4.90 Å². The van der Waals surface area contributed by atoms with Crippen molar-refractivity contribution in [1.82, 2.24) is 0 Å². The fourth-order valence-corrected chi connectivity index (χ4v) is 2.34. The Balaban J connectivity index is 2.60. The maximum atomic E-state index is 11.3. The average Bonchev–Trinajstić information content (AvgIpc) is 2.46. The molecule has 0 radical (unpaired) electrons. The Morgan fingerprint density at radius 2 is 1.64 bits per heavy atom. The van der Waals surface area contributed by atoms with Crippen molar-refractivity contribution in [2.75, 3.05) is 19.0 Å². The lowest BCUT2D eigenvalue weighted by Gasteiger charge is -2.22. The molecule has 22 heavy (non-hydrogen) atoms. The molecule has 0 bridgehead atoms. The predicted molar refractivity (Wildman–Crippen MR) is 92.0 cm³/mol. The van der Waals surface area contributed by atoms with E-state index in [-0.39, 0.29) is 11.2 Å². The Bertz CT molecular complexity index is 680. The molecule has 3 nitrogen and oxygen atoms in total. The van der Waals surface area contributed by atoms with Gasteiger partial charge in [0.1, 0.15) is 5.75 Å². The van der Waals surface area contributed by atoms with E-state index in [9.17, 15) is 9.90 Å². The summed E-state index contributed by atoms with van der Waals surface area (Å²) in [5, 5.41) is 10.4. The molecular formula is C19H23NO2. The van der Waals surface area contributed by atoms with Crippen LogP contribution in [0.3, 0.4) is 0 Å². The molecule has 0 spiro atoms. The van der Waals surface area contributed by atoms with E-state index in [2.05, 4.69) is 20.8 Å². The van der Waals surface area contributed by atoms with Crippen molar-refractivity contribution in [3.8, 4) is 16.9 Å². The average molecular weight is 297 g/mol. The minimum absolute atomic E-state index is 0.0422. The molecule has 2 aromatic carbocycles. The van der Waals surface area contributed by atoms with Gasteiger partial charge in [-0.15, -0.1) is 0 Å². The molecule has 0 saturated heterocycles. The maximum Gasteiger partial charge on any atom is 0.153 e. The number of phenolic OH excluding ortho intramolecular Hbond substituents is 1. The topological polar surface area (TPSA) is 40.5 Å². The van der Waals surface area contributed by atoms with E-state index >= 15 is 0 Å². The molecule has 2 aromatic rings. The minimum atomic E-state index is -0.0935. The number of nitrogens with zero attached hydrogens (tertiary/aromatic N) is 1. The fourth-order valence-electron chi connectivity index (χ4n) is 2.34. The third-order valence-electron chi connectivity index (χ3n) is 3.83. The molecule has 3 heteroatoms. The molecule has 0 aliphatic heterocycles. The number of hydrogen-bond donors (Lipinski definition) is 1. The summed E-state index contributed by atoms with van der Waals surface area (Å²) < 4.78 is 0. The molecule has 0 unspecified atom stereocenters. The molecule has 1 N–H and O–H groups in total. The van der Waals surface area contributed by atoms with Gasteiger partial charge in [-0.1, -0.05) is 32.9 Å². The number of anilines is 1. The summed E-state index contributed by atoms with van der Waals surface area (Å²) in [6, 6.07) is 11.7. The van der Waals surface area contributed by atoms with Crippen LogP contribution in [-0.4, -0.2) is 25.5 Å². The fraction of sp³-hybridized carbons (Fsp3) is 0.316. The van der Waals surface area contributed by atoms with Crippen LogP contribution in [0.15, 0.2) is 36.4 Å². The highest BCUT2D eigenvalue weighted by Gasteiger charge is 2.19. The Kier molecular flexibility index (Phi) is 4.27. The SMILES string of the molecule is CN(C)c1ccc(-c2cc(C(C)(C)C)cc(C=O)c2O)cc1. The lowest BCUT2D eigenvalue weighted by molar-refractivity contribution is 0.112. The van der Waals surface area contributed by atoms with Crippen molar-refractivity contribution in [3.05, 3.63) is 47.5 Å². The Morgan fingerprint density at radius 1 is 1.05 bits per heavy atom. The predicted octanol–water partition coefficient (Wildman–Crippen LogP) is 4.24. The number of aldehydes is 1. The second-order valence-electron chi connectivity index (χ2n) is 6.77. The molecule has 0 aromatic heterocycles. The van der Waals surface area contributed by atoms with Crippen molar-refractivity contribution < 1.29 is 9.90 Å². The lowest BCUT2D eigenvalue weighted by atomic mass is 9.84. The lowest BCUT2D eigenvalue weighted by Crippen LogP contribution is -2.12. The number of carbonyl (C=O) groups is 1. The summed E-state index contributed by atoms with van der Waals surface area (Å²) >= 11 is 0. The molecule has 0 heterocycles. The molecular weight excluding hydrogens is 274 g/mol. The Hall–Kier alpha value is -2.29. The van der Waals surface area contributed by atoms with E-state index in [1.165, 1.54) is 0 Å². The largest absolute Gasteiger partial charge is 0.507 e. The number of carbonyl (C=O) groups excluding carboxylic acids is 1. The van der Waals surface area contributed by atoms with Gasteiger partial charge in [0.15, 0.2) is 6.29 Å². The second-order valence-corrected chi connectivity index (χ2v) is 6.77. The van der Waals surface area contributed by atoms with Crippen LogP contribution in [0.1, 0.15) is 36.7 Å². The van der Waals surface area contributed by atoms with Gasteiger partial charge in [0.2, 0.25) is 0 Å². The number of aromatic hydroxyl groups is 1. The van der Waals surface area contributed by atoms with Crippen molar-refractivity contribution in [2.24, 2.45) is 0 Å². The van der Waals surface area contributed by atoms with Crippen LogP contribution in [0.4, 0.5) is 5.69 Å². The summed E-state index contributed by atoms with van der Waals surface area (Å²) in [6.07, 6.45) is 0.711. The molecule has 0 atom stereocenters. The number of phenols is 1. The standard InChI is InChI=1S/C19H23NO2/c1-19(2,3)15-10-14(12-21)18(22)17(11-15)13-6-8-16(9-7-13)20(4)5/h6-12,22H,1-5H3. The summed E-state index contributed by atoms with van der Waals surface area (Å²) in [5.41, 5.74) is 3.95. The zero-order valence-corrected chi connectivity index (χ0v) is 13.8. The summed E-state index contributed by atoms with van der Waals surface area (Å²) in [5.74, 6) is 0.0422. The Labute approximate surface area is 132 Å². The van der Waals surface area contributed by atoms with E-state index in [1.54, 1.807) is 6.07 Å². The van der Waals surface area contributed by atoms with Crippen LogP contribution in [-0.2, 0) is 5.41 Å². The molecule has 0 aliphatic carbocycles. The first-order valence-corrected chi connectivity index (χ1v) is 7.34. The molecule has 0 aliphatic rings. The maximum absolute atomic E-state index is 11.3. The molecule has 0 fully saturated rings. The zero-order valence-electron chi connectivity index (χ0n) is 13.8. The van der Waals surface area contributed by atoms with Gasteiger partial charge < -0.3 is 10.0 Å². The van der Waals surface area contributed by atoms with Gasteiger partial charge >= 0.3 is 0 Å². The molecule has 116 valence electrons. The quantitative estimate of drug-likeness (QED) is 0.862. The van der Waals surface area contributed by atoms with Crippen LogP contribution >= 0.6 is 0 Å². The highest BCUT2D eigenvalue weighted by atomic mass is 16.3. The first-order valence-electron chi connectivity index (χ1n) is 7.34. The first kappa shape index (κ1) is 16.1. The summed E-state index contributed by atoms with van der Waals surface area (Å²) in [7, 11) is 3.97. The minimum Gasteiger partial charge on any atom is -0.507 e. The van der Waals surface area contributed by atoms with Gasteiger partial charge in [0.25, 0.3) is 0 Å². The summed E-state index contributed by atoms with van der Waals surface area (Å²) in [4.78, 5) is 13.3. The molecule has 0 amide bonds. The van der Waals surface area contributed by atoms with E-state index in [1.807, 2.05) is 49.3 Å². The summed E-state index contributed by atoms with van der Waals surface area (Å²) in [6.45, 7) is 6.27. The van der Waals surface area contributed by atoms with E-state index in [0.717, 1.165) is 16.8 Å². The van der Waals surface area contributed by atoms with Gasteiger partial charge in [0, 0.05) is 25.3 Å². The second kappa shape index (κ2) is 5.84. The monoisotopic (exact) mass is 297 g/mol. The number of hydrogen-bond acceptors (Lipinski definition) is 3. The van der Waals surface area contributed by atoms with Gasteiger partial charge in [0.05, 0.1) is 5.56 Å². The third-order valence-corrected chi connectivity index (χ3v) is 3.83. The van der Waals surface area contributed by atoms with Gasteiger partial charge in [-0.3, -0.25) is 4.79 Å². The molecule has 0 saturated carbocycles. The van der Waals surface area contributed by atoms with Gasteiger partial charge in [-0.05, 0) is 40.8 Å². The van der Waals surface area contributed by atoms with E-state index in [4.69, 9.17) is 0 Å².